The maximum Gasteiger partial charge on any atom is 0.0406 e. The lowest BCUT2D eigenvalue weighted by Crippen LogP contribution is -2.32. The fourth-order valence-corrected chi connectivity index (χ4v) is 1.50. The van der Waals surface area contributed by atoms with Gasteiger partial charge in [-0.2, -0.15) is 0 Å². The van der Waals surface area contributed by atoms with Gasteiger partial charge in [-0.25, -0.2) is 0 Å². The molecule has 0 saturated heterocycles. The zero-order chi connectivity index (χ0) is 10.4. The molecule has 1 atom stereocenters. The quantitative estimate of drug-likeness (QED) is 0.782. The van der Waals surface area contributed by atoms with E-state index in [-0.39, 0.29) is 0 Å². The Morgan fingerprint density at radius 1 is 1.36 bits per heavy atom. The van der Waals surface area contributed by atoms with Crippen molar-refractivity contribution in [2.75, 3.05) is 13.1 Å². The highest BCUT2D eigenvalue weighted by Gasteiger charge is 2.01. The Bertz CT molecular complexity index is 258. The van der Waals surface area contributed by atoms with Crippen LogP contribution in [0.2, 0.25) is 5.02 Å². The highest BCUT2D eigenvalue weighted by Crippen LogP contribution is 2.10. The predicted octanol–water partition coefficient (Wildman–Crippen LogP) is 1.82. The third kappa shape index (κ3) is 4.09. The molecular weight excluding hydrogens is 196 g/mol. The minimum Gasteiger partial charge on any atom is -0.329 e. The molecule has 0 radical (unpaired) electrons. The van der Waals surface area contributed by atoms with Crippen molar-refractivity contribution in [1.29, 1.82) is 0 Å². The van der Waals surface area contributed by atoms with Crippen molar-refractivity contribution < 1.29 is 0 Å². The first-order valence-electron chi connectivity index (χ1n) is 4.90. The Hall–Kier alpha value is -0.570. The summed E-state index contributed by atoms with van der Waals surface area (Å²) in [6.07, 6.45) is 1.01. The van der Waals surface area contributed by atoms with Gasteiger partial charge in [-0.15, -0.1) is 0 Å². The summed E-state index contributed by atoms with van der Waals surface area (Å²) in [6.45, 7) is 3.71. The number of benzene rings is 1. The summed E-state index contributed by atoms with van der Waals surface area (Å²) in [5.41, 5.74) is 6.71. The highest BCUT2D eigenvalue weighted by atomic mass is 35.5. The number of nitrogens with two attached hydrogens (primary N) is 1. The molecule has 14 heavy (non-hydrogen) atoms. The first-order valence-corrected chi connectivity index (χ1v) is 5.28. The molecule has 2 nitrogen and oxygen atoms in total. The van der Waals surface area contributed by atoms with Crippen LogP contribution >= 0.6 is 11.6 Å². The van der Waals surface area contributed by atoms with E-state index < -0.39 is 0 Å². The number of hydrogen-bond acceptors (Lipinski definition) is 2. The molecule has 1 unspecified atom stereocenters. The molecule has 1 aromatic rings. The van der Waals surface area contributed by atoms with Crippen LogP contribution < -0.4 is 11.1 Å². The van der Waals surface area contributed by atoms with Crippen LogP contribution in [0.4, 0.5) is 0 Å². The van der Waals surface area contributed by atoms with Crippen LogP contribution in [-0.4, -0.2) is 19.1 Å². The maximum absolute atomic E-state index is 5.80. The topological polar surface area (TPSA) is 38.0 Å². The van der Waals surface area contributed by atoms with Crippen molar-refractivity contribution in [2.45, 2.75) is 19.4 Å². The van der Waals surface area contributed by atoms with Crippen molar-refractivity contribution >= 4 is 11.6 Å². The summed E-state index contributed by atoms with van der Waals surface area (Å²) in [5, 5.41) is 4.13. The first kappa shape index (κ1) is 11.5. The van der Waals surface area contributed by atoms with Gasteiger partial charge in [0.25, 0.3) is 0 Å². The molecule has 0 spiro atoms. The molecule has 0 aliphatic carbocycles. The minimum absolute atomic E-state index is 0.458. The molecule has 0 fully saturated rings. The molecule has 1 rings (SSSR count). The van der Waals surface area contributed by atoms with Crippen LogP contribution in [0.15, 0.2) is 24.3 Å². The van der Waals surface area contributed by atoms with E-state index in [0.29, 0.717) is 12.6 Å². The Labute approximate surface area is 90.4 Å². The van der Waals surface area contributed by atoms with Crippen molar-refractivity contribution in [2.24, 2.45) is 5.73 Å². The standard InChI is InChI=1S/C11H17ClN2/c1-9(14-7-6-13)8-10-2-4-11(12)5-3-10/h2-5,9,14H,6-8,13H2,1H3. The monoisotopic (exact) mass is 212 g/mol. The van der Waals surface area contributed by atoms with E-state index in [1.165, 1.54) is 5.56 Å². The number of hydrogen-bond donors (Lipinski definition) is 2. The van der Waals surface area contributed by atoms with Crippen LogP contribution in [0.5, 0.6) is 0 Å². The number of rotatable bonds is 5. The van der Waals surface area contributed by atoms with Gasteiger partial charge in [0.2, 0.25) is 0 Å². The molecule has 3 N–H and O–H groups in total. The van der Waals surface area contributed by atoms with Crippen LogP contribution in [0.25, 0.3) is 0 Å². The third-order valence-corrected chi connectivity index (χ3v) is 2.34. The van der Waals surface area contributed by atoms with E-state index >= 15 is 0 Å². The molecule has 0 bridgehead atoms. The van der Waals surface area contributed by atoms with Gasteiger partial charge >= 0.3 is 0 Å². The van der Waals surface area contributed by atoms with Gasteiger partial charge in [-0.3, -0.25) is 0 Å². The average Bonchev–Trinajstić information content (AvgIpc) is 2.18. The molecule has 0 aromatic heterocycles. The molecule has 0 heterocycles. The minimum atomic E-state index is 0.458. The lowest BCUT2D eigenvalue weighted by atomic mass is 10.1. The summed E-state index contributed by atoms with van der Waals surface area (Å²) in [6, 6.07) is 8.42. The SMILES string of the molecule is CC(Cc1ccc(Cl)cc1)NCCN. The molecule has 1 aromatic carbocycles. The average molecular weight is 213 g/mol. The van der Waals surface area contributed by atoms with E-state index in [1.807, 2.05) is 12.1 Å². The van der Waals surface area contributed by atoms with Gasteiger partial charge in [0.05, 0.1) is 0 Å². The maximum atomic E-state index is 5.80. The molecule has 0 aliphatic rings. The number of nitrogens with one attached hydrogen (secondary N) is 1. The fourth-order valence-electron chi connectivity index (χ4n) is 1.38. The van der Waals surface area contributed by atoms with Crippen LogP contribution in [0, 0.1) is 0 Å². The van der Waals surface area contributed by atoms with Gasteiger partial charge in [0.1, 0.15) is 0 Å². The Morgan fingerprint density at radius 2 is 2.00 bits per heavy atom. The zero-order valence-corrected chi connectivity index (χ0v) is 9.22. The van der Waals surface area contributed by atoms with E-state index in [9.17, 15) is 0 Å². The summed E-state index contributed by atoms with van der Waals surface area (Å²) in [5.74, 6) is 0. The van der Waals surface area contributed by atoms with E-state index in [4.69, 9.17) is 17.3 Å². The Morgan fingerprint density at radius 3 is 2.57 bits per heavy atom. The zero-order valence-electron chi connectivity index (χ0n) is 8.46. The smallest absolute Gasteiger partial charge is 0.0406 e. The highest BCUT2D eigenvalue weighted by molar-refractivity contribution is 6.30. The Balaban J connectivity index is 2.39. The number of halogens is 1. The largest absolute Gasteiger partial charge is 0.329 e. The molecule has 3 heteroatoms. The van der Waals surface area contributed by atoms with Gasteiger partial charge in [0.15, 0.2) is 0 Å². The molecule has 78 valence electrons. The van der Waals surface area contributed by atoms with E-state index in [0.717, 1.165) is 18.0 Å². The lowest BCUT2D eigenvalue weighted by molar-refractivity contribution is 0.553. The lowest BCUT2D eigenvalue weighted by Gasteiger charge is -2.12. The normalized spacial score (nSPS) is 12.8. The Kier molecular flexibility index (Phi) is 4.94. The summed E-state index contributed by atoms with van der Waals surface area (Å²) in [4.78, 5) is 0. The van der Waals surface area contributed by atoms with Gasteiger partial charge in [-0.1, -0.05) is 23.7 Å². The molecular formula is C11H17ClN2. The van der Waals surface area contributed by atoms with Crippen LogP contribution in [-0.2, 0) is 6.42 Å². The van der Waals surface area contributed by atoms with Crippen molar-refractivity contribution in [3.8, 4) is 0 Å². The van der Waals surface area contributed by atoms with Crippen LogP contribution in [0.3, 0.4) is 0 Å². The summed E-state index contributed by atoms with van der Waals surface area (Å²) >= 11 is 5.80. The second kappa shape index (κ2) is 6.02. The van der Waals surface area contributed by atoms with Gasteiger partial charge in [0, 0.05) is 24.2 Å². The second-order valence-corrected chi connectivity index (χ2v) is 3.91. The van der Waals surface area contributed by atoms with Crippen molar-refractivity contribution in [3.63, 3.8) is 0 Å². The molecule has 0 aliphatic heterocycles. The van der Waals surface area contributed by atoms with Crippen LogP contribution in [0.1, 0.15) is 12.5 Å². The fraction of sp³-hybridized carbons (Fsp3) is 0.455. The summed E-state index contributed by atoms with van der Waals surface area (Å²) < 4.78 is 0. The van der Waals surface area contributed by atoms with E-state index in [1.54, 1.807) is 0 Å². The van der Waals surface area contributed by atoms with Gasteiger partial charge < -0.3 is 11.1 Å². The summed E-state index contributed by atoms with van der Waals surface area (Å²) in [7, 11) is 0. The second-order valence-electron chi connectivity index (χ2n) is 3.47. The van der Waals surface area contributed by atoms with Crippen molar-refractivity contribution in [3.05, 3.63) is 34.9 Å². The first-order chi connectivity index (χ1) is 6.72. The molecule has 0 amide bonds. The van der Waals surface area contributed by atoms with E-state index in [2.05, 4.69) is 24.4 Å². The van der Waals surface area contributed by atoms with Crippen molar-refractivity contribution in [1.82, 2.24) is 5.32 Å². The predicted molar refractivity (Wildman–Crippen MR) is 61.7 cm³/mol. The third-order valence-electron chi connectivity index (χ3n) is 2.09. The van der Waals surface area contributed by atoms with Gasteiger partial charge in [-0.05, 0) is 31.0 Å². The molecule has 0 saturated carbocycles.